The van der Waals surface area contributed by atoms with Crippen molar-refractivity contribution in [3.8, 4) is 0 Å². The number of rotatable bonds is 1. The second-order valence-corrected chi connectivity index (χ2v) is 8.19. The minimum atomic E-state index is -0.332. The van der Waals surface area contributed by atoms with E-state index in [1.807, 2.05) is 30.3 Å². The van der Waals surface area contributed by atoms with Crippen LogP contribution in [0.3, 0.4) is 0 Å². The van der Waals surface area contributed by atoms with Gasteiger partial charge >= 0.3 is 0 Å². The predicted octanol–water partition coefficient (Wildman–Crippen LogP) is 6.58. The van der Waals surface area contributed by atoms with Gasteiger partial charge in [-0.2, -0.15) is 0 Å². The van der Waals surface area contributed by atoms with E-state index in [0.717, 1.165) is 22.3 Å². The number of hydrogen-bond acceptors (Lipinski definition) is 1. The summed E-state index contributed by atoms with van der Waals surface area (Å²) in [6.07, 6.45) is 1.92. The smallest absolute Gasteiger partial charge is 0.189 e. The van der Waals surface area contributed by atoms with Crippen LogP contribution in [0.25, 0.3) is 6.08 Å². The fourth-order valence-corrected chi connectivity index (χ4v) is 3.81. The highest BCUT2D eigenvalue weighted by molar-refractivity contribution is 6.35. The first-order chi connectivity index (χ1) is 11.2. The summed E-state index contributed by atoms with van der Waals surface area (Å²) in [5.41, 5.74) is 2.95. The molecule has 1 aliphatic carbocycles. The molecule has 3 rings (SSSR count). The zero-order valence-corrected chi connectivity index (χ0v) is 15.8. The van der Waals surface area contributed by atoms with Gasteiger partial charge in [0, 0.05) is 26.6 Å². The molecule has 1 aliphatic rings. The first kappa shape index (κ1) is 17.3. The van der Waals surface area contributed by atoms with Gasteiger partial charge in [-0.05, 0) is 34.8 Å². The van der Waals surface area contributed by atoms with Crippen molar-refractivity contribution in [1.29, 1.82) is 0 Å². The van der Waals surface area contributed by atoms with Crippen molar-refractivity contribution in [3.05, 3.63) is 74.8 Å². The Kier molecular flexibility index (Phi) is 4.14. The second kappa shape index (κ2) is 5.75. The fraction of sp³-hybridized carbons (Fsp3) is 0.286. The van der Waals surface area contributed by atoms with Gasteiger partial charge in [0.15, 0.2) is 5.78 Å². The van der Waals surface area contributed by atoms with Crippen molar-refractivity contribution < 1.29 is 4.79 Å². The molecule has 0 fully saturated rings. The Balaban J connectivity index is 2.25. The van der Waals surface area contributed by atoms with Gasteiger partial charge in [-0.25, -0.2) is 0 Å². The number of benzene rings is 2. The van der Waals surface area contributed by atoms with Gasteiger partial charge in [0.2, 0.25) is 0 Å². The molecule has 0 bridgehead atoms. The van der Waals surface area contributed by atoms with E-state index < -0.39 is 0 Å². The van der Waals surface area contributed by atoms with Gasteiger partial charge in [-0.15, -0.1) is 0 Å². The maximum atomic E-state index is 13.2. The van der Waals surface area contributed by atoms with E-state index >= 15 is 0 Å². The van der Waals surface area contributed by atoms with Gasteiger partial charge in [-0.3, -0.25) is 4.79 Å². The quantitative estimate of drug-likeness (QED) is 0.526. The molecular weight excluding hydrogens is 339 g/mol. The molecule has 0 unspecified atom stereocenters. The van der Waals surface area contributed by atoms with Crippen molar-refractivity contribution >= 4 is 35.1 Å². The Hall–Kier alpha value is -1.57. The van der Waals surface area contributed by atoms with E-state index in [0.29, 0.717) is 10.0 Å². The van der Waals surface area contributed by atoms with Crippen molar-refractivity contribution in [3.63, 3.8) is 0 Å². The van der Waals surface area contributed by atoms with E-state index in [1.165, 1.54) is 0 Å². The normalized spacial score (nSPS) is 20.1. The number of carbonyl (C=O) groups is 1. The molecule has 3 heteroatoms. The summed E-state index contributed by atoms with van der Waals surface area (Å²) in [6.45, 7) is 8.62. The van der Waals surface area contributed by atoms with Gasteiger partial charge in [-0.1, -0.05) is 81.2 Å². The third-order valence-corrected chi connectivity index (χ3v) is 6.15. The monoisotopic (exact) mass is 358 g/mol. The summed E-state index contributed by atoms with van der Waals surface area (Å²) in [6, 6.07) is 13.2. The number of ketones is 1. The van der Waals surface area contributed by atoms with E-state index in [4.69, 9.17) is 23.2 Å². The molecule has 0 N–H and O–H groups in total. The largest absolute Gasteiger partial charge is 0.289 e. The molecular formula is C21H20Cl2O. The van der Waals surface area contributed by atoms with Crippen LogP contribution < -0.4 is 0 Å². The molecule has 0 radical (unpaired) electrons. The SMILES string of the molecule is CC1(C)/C(=C\c2ccc(Cl)cc2Cl)C(=O)c2ccccc2C1(C)C. The second-order valence-electron chi connectivity index (χ2n) is 7.35. The molecule has 0 spiro atoms. The first-order valence-corrected chi connectivity index (χ1v) is 8.73. The molecule has 0 aliphatic heterocycles. The van der Waals surface area contributed by atoms with E-state index in [2.05, 4.69) is 33.8 Å². The molecule has 0 saturated heterocycles. The molecule has 0 amide bonds. The van der Waals surface area contributed by atoms with Crippen molar-refractivity contribution in [2.75, 3.05) is 0 Å². The molecule has 0 saturated carbocycles. The van der Waals surface area contributed by atoms with Crippen LogP contribution in [0, 0.1) is 5.41 Å². The third-order valence-electron chi connectivity index (χ3n) is 5.59. The molecule has 0 atom stereocenters. The lowest BCUT2D eigenvalue weighted by Gasteiger charge is -2.48. The van der Waals surface area contributed by atoms with E-state index in [-0.39, 0.29) is 16.6 Å². The van der Waals surface area contributed by atoms with Gasteiger partial charge in [0.05, 0.1) is 0 Å². The van der Waals surface area contributed by atoms with E-state index in [9.17, 15) is 4.79 Å². The first-order valence-electron chi connectivity index (χ1n) is 7.97. The summed E-state index contributed by atoms with van der Waals surface area (Å²) in [5.74, 6) is 0.0703. The van der Waals surface area contributed by atoms with Gasteiger partial charge < -0.3 is 0 Å². The average molecular weight is 359 g/mol. The standard InChI is InChI=1S/C21H20Cl2O/c1-20(2)16-8-6-5-7-15(16)19(24)17(21(20,3)4)11-13-9-10-14(22)12-18(13)23/h5-12H,1-4H3/b17-11-. The van der Waals surface area contributed by atoms with Crippen LogP contribution in [0.15, 0.2) is 48.0 Å². The van der Waals surface area contributed by atoms with Crippen LogP contribution in [0.5, 0.6) is 0 Å². The summed E-state index contributed by atoms with van der Waals surface area (Å²) < 4.78 is 0. The van der Waals surface area contributed by atoms with Crippen LogP contribution >= 0.6 is 23.2 Å². The number of Topliss-reactive ketones (excluding diaryl/α,β-unsaturated/α-hetero) is 1. The van der Waals surface area contributed by atoms with Gasteiger partial charge in [0.25, 0.3) is 0 Å². The highest BCUT2D eigenvalue weighted by Gasteiger charge is 2.49. The molecule has 124 valence electrons. The maximum Gasteiger partial charge on any atom is 0.189 e. The molecule has 2 aromatic rings. The zero-order chi connectivity index (χ0) is 17.7. The topological polar surface area (TPSA) is 17.1 Å². The molecule has 2 aromatic carbocycles. The zero-order valence-electron chi connectivity index (χ0n) is 14.3. The van der Waals surface area contributed by atoms with Crippen LogP contribution in [0.1, 0.15) is 49.2 Å². The van der Waals surface area contributed by atoms with Crippen LogP contribution in [0.4, 0.5) is 0 Å². The average Bonchev–Trinajstić information content (AvgIpc) is 2.52. The summed E-state index contributed by atoms with van der Waals surface area (Å²) in [7, 11) is 0. The number of halogens is 2. The third kappa shape index (κ3) is 2.51. The van der Waals surface area contributed by atoms with E-state index in [1.54, 1.807) is 12.1 Å². The molecule has 1 nitrogen and oxygen atoms in total. The van der Waals surface area contributed by atoms with Crippen molar-refractivity contribution in [1.82, 2.24) is 0 Å². The lowest BCUT2D eigenvalue weighted by molar-refractivity contribution is 0.0955. The summed E-state index contributed by atoms with van der Waals surface area (Å²) >= 11 is 12.3. The number of allylic oxidation sites excluding steroid dienone is 1. The van der Waals surface area contributed by atoms with Crippen LogP contribution in [-0.4, -0.2) is 5.78 Å². The molecule has 24 heavy (non-hydrogen) atoms. The Labute approximate surface area is 153 Å². The van der Waals surface area contributed by atoms with Crippen molar-refractivity contribution in [2.24, 2.45) is 5.41 Å². The number of carbonyl (C=O) groups excluding carboxylic acids is 1. The maximum absolute atomic E-state index is 13.2. The minimum Gasteiger partial charge on any atom is -0.289 e. The highest BCUT2D eigenvalue weighted by Crippen LogP contribution is 2.52. The van der Waals surface area contributed by atoms with Crippen LogP contribution in [0.2, 0.25) is 10.0 Å². The Morgan fingerprint density at radius 1 is 0.917 bits per heavy atom. The molecule has 0 aromatic heterocycles. The Bertz CT molecular complexity index is 860. The van der Waals surface area contributed by atoms with Gasteiger partial charge in [0.1, 0.15) is 0 Å². The predicted molar refractivity (Wildman–Crippen MR) is 102 cm³/mol. The number of fused-ring (bicyclic) bond motifs is 1. The molecule has 0 heterocycles. The highest BCUT2D eigenvalue weighted by atomic mass is 35.5. The van der Waals surface area contributed by atoms with Crippen LogP contribution in [-0.2, 0) is 5.41 Å². The van der Waals surface area contributed by atoms with Crippen molar-refractivity contribution in [2.45, 2.75) is 33.1 Å². The number of hydrogen-bond donors (Lipinski definition) is 0. The summed E-state index contributed by atoms with van der Waals surface area (Å²) in [4.78, 5) is 13.2. The Morgan fingerprint density at radius 2 is 1.58 bits per heavy atom. The lowest BCUT2D eigenvalue weighted by Crippen LogP contribution is -2.45. The summed E-state index contributed by atoms with van der Waals surface area (Å²) in [5, 5.41) is 1.14. The minimum absolute atomic E-state index is 0.0703. The fourth-order valence-electron chi connectivity index (χ4n) is 3.35. The lowest BCUT2D eigenvalue weighted by atomic mass is 9.55. The Morgan fingerprint density at radius 3 is 2.25 bits per heavy atom.